The van der Waals surface area contributed by atoms with Crippen molar-refractivity contribution in [1.29, 1.82) is 0 Å². The maximum atomic E-state index is 13.1. The van der Waals surface area contributed by atoms with Gasteiger partial charge in [-0.2, -0.15) is 0 Å². The molecule has 0 spiro atoms. The van der Waals surface area contributed by atoms with Crippen LogP contribution in [-0.4, -0.2) is 42.7 Å². The quantitative estimate of drug-likeness (QED) is 0.856. The van der Waals surface area contributed by atoms with Crippen LogP contribution < -0.4 is 10.1 Å². The van der Waals surface area contributed by atoms with Crippen LogP contribution in [0.4, 0.5) is 0 Å². The van der Waals surface area contributed by atoms with Crippen molar-refractivity contribution >= 4 is 5.91 Å². The topological polar surface area (TPSA) is 50.8 Å². The van der Waals surface area contributed by atoms with Crippen molar-refractivity contribution in [3.63, 3.8) is 0 Å². The van der Waals surface area contributed by atoms with Crippen molar-refractivity contribution in [2.45, 2.75) is 45.4 Å². The Morgan fingerprint density at radius 3 is 2.76 bits per heavy atom. The highest BCUT2D eigenvalue weighted by Gasteiger charge is 2.34. The predicted octanol–water partition coefficient (Wildman–Crippen LogP) is 3.86. The first kappa shape index (κ1) is 19.9. The van der Waals surface area contributed by atoms with E-state index in [-0.39, 0.29) is 17.6 Å². The minimum absolute atomic E-state index is 0.0388. The average molecular weight is 395 g/mol. The first-order chi connectivity index (χ1) is 13.9. The number of ether oxygens (including phenoxy) is 2. The van der Waals surface area contributed by atoms with E-state index in [0.717, 1.165) is 61.7 Å². The van der Waals surface area contributed by atoms with Gasteiger partial charge in [-0.15, -0.1) is 0 Å². The first-order valence-electron chi connectivity index (χ1n) is 10.4. The van der Waals surface area contributed by atoms with E-state index < -0.39 is 0 Å². The van der Waals surface area contributed by atoms with Gasteiger partial charge in [0.1, 0.15) is 11.4 Å². The standard InChI is InChI=1S/C24H30N2O3/c1-17-7-8-20-21(15-24(2,3)29-22(20)13-17)25-23(27)19-6-4-5-18(14-19)16-26-9-11-28-12-10-26/h4-8,13-14,21H,9-12,15-16H2,1-3H3,(H,25,27)/t21-/m0/s1. The number of carbonyl (C=O) groups is 1. The number of hydrogen-bond donors (Lipinski definition) is 1. The van der Waals surface area contributed by atoms with Crippen LogP contribution in [0.2, 0.25) is 0 Å². The third kappa shape index (κ3) is 4.80. The lowest BCUT2D eigenvalue weighted by molar-refractivity contribution is 0.0341. The largest absolute Gasteiger partial charge is 0.487 e. The maximum absolute atomic E-state index is 13.1. The first-order valence-corrected chi connectivity index (χ1v) is 10.4. The molecule has 1 N–H and O–H groups in total. The van der Waals surface area contributed by atoms with E-state index in [0.29, 0.717) is 5.56 Å². The molecule has 4 rings (SSSR count). The highest BCUT2D eigenvalue weighted by atomic mass is 16.5. The molecule has 0 unspecified atom stereocenters. The molecule has 2 aliphatic heterocycles. The molecule has 0 aromatic heterocycles. The van der Waals surface area contributed by atoms with Crippen molar-refractivity contribution in [1.82, 2.24) is 10.2 Å². The van der Waals surface area contributed by atoms with Gasteiger partial charge < -0.3 is 14.8 Å². The number of nitrogens with one attached hydrogen (secondary N) is 1. The molecule has 1 saturated heterocycles. The monoisotopic (exact) mass is 394 g/mol. The summed E-state index contributed by atoms with van der Waals surface area (Å²) in [6.07, 6.45) is 0.738. The number of hydrogen-bond acceptors (Lipinski definition) is 4. The zero-order chi connectivity index (χ0) is 20.4. The highest BCUT2D eigenvalue weighted by molar-refractivity contribution is 5.94. The molecule has 5 heteroatoms. The van der Waals surface area contributed by atoms with Crippen molar-refractivity contribution in [3.05, 3.63) is 64.7 Å². The highest BCUT2D eigenvalue weighted by Crippen LogP contribution is 2.40. The number of benzene rings is 2. The van der Waals surface area contributed by atoms with Gasteiger partial charge in [-0.25, -0.2) is 0 Å². The van der Waals surface area contributed by atoms with E-state index >= 15 is 0 Å². The molecule has 2 aromatic carbocycles. The van der Waals surface area contributed by atoms with Crippen LogP contribution in [0.25, 0.3) is 0 Å². The maximum Gasteiger partial charge on any atom is 0.251 e. The fourth-order valence-corrected chi connectivity index (χ4v) is 4.16. The number of carbonyl (C=O) groups excluding carboxylic acids is 1. The Morgan fingerprint density at radius 1 is 1.17 bits per heavy atom. The summed E-state index contributed by atoms with van der Waals surface area (Å²) in [7, 11) is 0. The van der Waals surface area contributed by atoms with E-state index in [1.54, 1.807) is 0 Å². The average Bonchev–Trinajstić information content (AvgIpc) is 2.67. The third-order valence-electron chi connectivity index (χ3n) is 5.63. The summed E-state index contributed by atoms with van der Waals surface area (Å²) >= 11 is 0. The minimum Gasteiger partial charge on any atom is -0.487 e. The third-order valence-corrected chi connectivity index (χ3v) is 5.63. The Balaban J connectivity index is 1.50. The van der Waals surface area contributed by atoms with Crippen LogP contribution >= 0.6 is 0 Å². The number of morpholine rings is 1. The molecule has 1 amide bonds. The van der Waals surface area contributed by atoms with E-state index in [4.69, 9.17) is 9.47 Å². The molecule has 2 aliphatic rings. The Bertz CT molecular complexity index is 887. The lowest BCUT2D eigenvalue weighted by Crippen LogP contribution is -2.41. The molecule has 154 valence electrons. The Hall–Kier alpha value is -2.37. The van der Waals surface area contributed by atoms with Gasteiger partial charge in [0.05, 0.1) is 19.3 Å². The smallest absolute Gasteiger partial charge is 0.251 e. The fourth-order valence-electron chi connectivity index (χ4n) is 4.16. The molecule has 0 aliphatic carbocycles. The molecular weight excluding hydrogens is 364 g/mol. The van der Waals surface area contributed by atoms with Crippen LogP contribution in [0.3, 0.4) is 0 Å². The van der Waals surface area contributed by atoms with Gasteiger partial charge in [-0.3, -0.25) is 9.69 Å². The number of aryl methyl sites for hydroxylation is 1. The van der Waals surface area contributed by atoms with Crippen molar-refractivity contribution < 1.29 is 14.3 Å². The van der Waals surface area contributed by atoms with Crippen LogP contribution in [0, 0.1) is 6.92 Å². The predicted molar refractivity (Wildman–Crippen MR) is 113 cm³/mol. The summed E-state index contributed by atoms with van der Waals surface area (Å²) in [6.45, 7) is 10.5. The molecule has 2 heterocycles. The molecule has 1 atom stereocenters. The van der Waals surface area contributed by atoms with Crippen molar-refractivity contribution in [2.75, 3.05) is 26.3 Å². The zero-order valence-corrected chi connectivity index (χ0v) is 17.5. The summed E-state index contributed by atoms with van der Waals surface area (Å²) in [5, 5.41) is 3.24. The molecule has 0 saturated carbocycles. The summed E-state index contributed by atoms with van der Waals surface area (Å²) in [6, 6.07) is 14.1. The van der Waals surface area contributed by atoms with Gasteiger partial charge in [0.2, 0.25) is 0 Å². The normalized spacial score (nSPS) is 21.1. The molecule has 0 radical (unpaired) electrons. The van der Waals surface area contributed by atoms with E-state index in [9.17, 15) is 4.79 Å². The van der Waals surface area contributed by atoms with Crippen molar-refractivity contribution in [3.8, 4) is 5.75 Å². The van der Waals surface area contributed by atoms with Gasteiger partial charge in [-0.1, -0.05) is 24.3 Å². The molecular formula is C24H30N2O3. The van der Waals surface area contributed by atoms with Gasteiger partial charge >= 0.3 is 0 Å². The molecule has 1 fully saturated rings. The molecule has 5 nitrogen and oxygen atoms in total. The Labute approximate surface area is 173 Å². The fraction of sp³-hybridized carbons (Fsp3) is 0.458. The van der Waals surface area contributed by atoms with Crippen LogP contribution in [-0.2, 0) is 11.3 Å². The number of amides is 1. The van der Waals surface area contributed by atoms with E-state index in [2.05, 4.69) is 55.3 Å². The second kappa shape index (κ2) is 8.17. The Kier molecular flexibility index (Phi) is 5.61. The van der Waals surface area contributed by atoms with Crippen LogP contribution in [0.1, 0.15) is 53.4 Å². The Morgan fingerprint density at radius 2 is 1.97 bits per heavy atom. The number of rotatable bonds is 4. The van der Waals surface area contributed by atoms with Crippen LogP contribution in [0.15, 0.2) is 42.5 Å². The molecule has 2 aromatic rings. The summed E-state index contributed by atoms with van der Waals surface area (Å²) in [5.74, 6) is 0.829. The van der Waals surface area contributed by atoms with Crippen molar-refractivity contribution in [2.24, 2.45) is 0 Å². The summed E-state index contributed by atoms with van der Waals surface area (Å²) in [5.41, 5.74) is 3.74. The van der Waals surface area contributed by atoms with E-state index in [1.807, 2.05) is 18.2 Å². The summed E-state index contributed by atoms with van der Waals surface area (Å²) < 4.78 is 11.6. The molecule has 0 bridgehead atoms. The lowest BCUT2D eigenvalue weighted by atomic mass is 9.89. The van der Waals surface area contributed by atoms with Gasteiger partial charge in [0.25, 0.3) is 5.91 Å². The molecule has 29 heavy (non-hydrogen) atoms. The van der Waals surface area contributed by atoms with Gasteiger partial charge in [0, 0.05) is 37.2 Å². The van der Waals surface area contributed by atoms with Crippen LogP contribution in [0.5, 0.6) is 5.75 Å². The lowest BCUT2D eigenvalue weighted by Gasteiger charge is -2.38. The van der Waals surface area contributed by atoms with Gasteiger partial charge in [0.15, 0.2) is 0 Å². The second-order valence-electron chi connectivity index (χ2n) is 8.72. The summed E-state index contributed by atoms with van der Waals surface area (Å²) in [4.78, 5) is 15.4. The second-order valence-corrected chi connectivity index (χ2v) is 8.72. The zero-order valence-electron chi connectivity index (χ0n) is 17.5. The number of fused-ring (bicyclic) bond motifs is 1. The minimum atomic E-state index is -0.322. The van der Waals surface area contributed by atoms with Gasteiger partial charge in [-0.05, 0) is 50.1 Å². The SMILES string of the molecule is Cc1ccc2c(c1)OC(C)(C)C[C@@H]2NC(=O)c1cccc(CN2CCOCC2)c1. The van der Waals surface area contributed by atoms with E-state index in [1.165, 1.54) is 0 Å². The number of nitrogens with zero attached hydrogens (tertiary/aromatic N) is 1.